The van der Waals surface area contributed by atoms with E-state index in [1.807, 2.05) is 0 Å². The van der Waals surface area contributed by atoms with Crippen molar-refractivity contribution in [3.05, 3.63) is 66.7 Å². The number of hydrogen-bond donors (Lipinski definition) is 0. The number of rotatable bonds is 1. The van der Waals surface area contributed by atoms with Crippen LogP contribution in [0.25, 0.3) is 10.8 Å². The predicted molar refractivity (Wildman–Crippen MR) is 99.6 cm³/mol. The summed E-state index contributed by atoms with van der Waals surface area (Å²) in [5, 5.41) is 2.59. The van der Waals surface area contributed by atoms with Gasteiger partial charge in [0.05, 0.1) is 23.7 Å². The first kappa shape index (κ1) is 14.1. The van der Waals surface area contributed by atoms with Crippen LogP contribution in [0.1, 0.15) is 20.8 Å². The average molecular weight is 302 g/mol. The summed E-state index contributed by atoms with van der Waals surface area (Å²) >= 11 is 0. The van der Waals surface area contributed by atoms with E-state index in [0.29, 0.717) is 0 Å². The zero-order valence-electron chi connectivity index (χ0n) is 14.0. The van der Waals surface area contributed by atoms with Gasteiger partial charge in [0.25, 0.3) is 0 Å². The molecule has 3 aromatic carbocycles. The third-order valence-corrected chi connectivity index (χ3v) is 4.61. The van der Waals surface area contributed by atoms with E-state index in [0.717, 1.165) is 6.67 Å². The lowest BCUT2D eigenvalue weighted by molar-refractivity contribution is 0.518. The van der Waals surface area contributed by atoms with Gasteiger partial charge in [0.2, 0.25) is 0 Å². The van der Waals surface area contributed by atoms with E-state index >= 15 is 0 Å². The fraction of sp³-hybridized carbons (Fsp3) is 0.238. The summed E-state index contributed by atoms with van der Waals surface area (Å²) in [6, 6.07) is 23.9. The van der Waals surface area contributed by atoms with Crippen LogP contribution in [0.3, 0.4) is 0 Å². The number of benzene rings is 3. The Bertz CT molecular complexity index is 856. The van der Waals surface area contributed by atoms with Crippen LogP contribution in [0.5, 0.6) is 0 Å². The Balaban J connectivity index is 1.90. The highest BCUT2D eigenvalue weighted by Crippen LogP contribution is 2.44. The molecule has 1 aliphatic rings. The lowest BCUT2D eigenvalue weighted by Crippen LogP contribution is -2.42. The molecule has 2 heteroatoms. The minimum Gasteiger partial charge on any atom is -0.347 e. The maximum atomic E-state index is 2.48. The van der Waals surface area contributed by atoms with Gasteiger partial charge in [-0.05, 0) is 44.4 Å². The summed E-state index contributed by atoms with van der Waals surface area (Å²) in [5.74, 6) is 0. The Labute approximate surface area is 138 Å². The molecule has 2 nitrogen and oxygen atoms in total. The van der Waals surface area contributed by atoms with Gasteiger partial charge in [0, 0.05) is 10.9 Å². The molecule has 0 N–H and O–H groups in total. The SMILES string of the molecule is CC(C)(C)N1CN(c2cccc3ccccc23)c2ccccc21. The highest BCUT2D eigenvalue weighted by Gasteiger charge is 2.33. The molecule has 0 fully saturated rings. The monoisotopic (exact) mass is 302 g/mol. The van der Waals surface area contributed by atoms with Gasteiger partial charge in [0.15, 0.2) is 0 Å². The number of hydrogen-bond acceptors (Lipinski definition) is 2. The second-order valence-electron chi connectivity index (χ2n) is 7.16. The molecule has 0 amide bonds. The maximum Gasteiger partial charge on any atom is 0.0958 e. The zero-order valence-corrected chi connectivity index (χ0v) is 14.0. The van der Waals surface area contributed by atoms with Gasteiger partial charge in [0.1, 0.15) is 0 Å². The van der Waals surface area contributed by atoms with Gasteiger partial charge in [-0.15, -0.1) is 0 Å². The Morgan fingerprint density at radius 3 is 2.09 bits per heavy atom. The Kier molecular flexibility index (Phi) is 3.08. The van der Waals surface area contributed by atoms with E-state index < -0.39 is 0 Å². The van der Waals surface area contributed by atoms with Crippen molar-refractivity contribution in [2.24, 2.45) is 0 Å². The number of para-hydroxylation sites is 2. The van der Waals surface area contributed by atoms with E-state index in [-0.39, 0.29) is 5.54 Å². The summed E-state index contributed by atoms with van der Waals surface area (Å²) in [7, 11) is 0. The van der Waals surface area contributed by atoms with Crippen LogP contribution < -0.4 is 9.80 Å². The van der Waals surface area contributed by atoms with Crippen molar-refractivity contribution in [2.75, 3.05) is 16.5 Å². The molecule has 0 spiro atoms. The Morgan fingerprint density at radius 2 is 1.30 bits per heavy atom. The fourth-order valence-electron chi connectivity index (χ4n) is 3.44. The molecule has 0 aromatic heterocycles. The van der Waals surface area contributed by atoms with Gasteiger partial charge in [-0.2, -0.15) is 0 Å². The van der Waals surface area contributed by atoms with Crippen molar-refractivity contribution in [1.82, 2.24) is 0 Å². The van der Waals surface area contributed by atoms with Crippen molar-refractivity contribution in [3.63, 3.8) is 0 Å². The zero-order chi connectivity index (χ0) is 16.0. The third-order valence-electron chi connectivity index (χ3n) is 4.61. The summed E-state index contributed by atoms with van der Waals surface area (Å²) in [4.78, 5) is 4.91. The molecular weight excluding hydrogens is 280 g/mol. The Hall–Kier alpha value is -2.48. The van der Waals surface area contributed by atoms with E-state index in [1.165, 1.54) is 27.8 Å². The molecular formula is C21H22N2. The molecule has 1 aliphatic heterocycles. The molecule has 0 aliphatic carbocycles. The molecule has 0 bridgehead atoms. The fourth-order valence-corrected chi connectivity index (χ4v) is 3.44. The summed E-state index contributed by atoms with van der Waals surface area (Å²) in [6.07, 6.45) is 0. The van der Waals surface area contributed by atoms with Gasteiger partial charge in [-0.1, -0.05) is 48.5 Å². The molecule has 116 valence electrons. The maximum absolute atomic E-state index is 2.48. The molecule has 0 unspecified atom stereocenters. The van der Waals surface area contributed by atoms with Crippen molar-refractivity contribution < 1.29 is 0 Å². The minimum absolute atomic E-state index is 0.0927. The highest BCUT2D eigenvalue weighted by atomic mass is 15.4. The molecule has 3 aromatic rings. The first-order valence-corrected chi connectivity index (χ1v) is 8.18. The molecule has 4 rings (SSSR count). The summed E-state index contributed by atoms with van der Waals surface area (Å²) < 4.78 is 0. The van der Waals surface area contributed by atoms with Crippen LogP contribution in [0.15, 0.2) is 66.7 Å². The largest absolute Gasteiger partial charge is 0.347 e. The van der Waals surface area contributed by atoms with Crippen LogP contribution in [0.2, 0.25) is 0 Å². The van der Waals surface area contributed by atoms with Crippen LogP contribution in [0, 0.1) is 0 Å². The van der Waals surface area contributed by atoms with E-state index in [9.17, 15) is 0 Å². The van der Waals surface area contributed by atoms with Crippen LogP contribution >= 0.6 is 0 Å². The van der Waals surface area contributed by atoms with Crippen LogP contribution in [-0.4, -0.2) is 12.2 Å². The van der Waals surface area contributed by atoms with E-state index in [4.69, 9.17) is 0 Å². The second kappa shape index (κ2) is 5.02. The predicted octanol–water partition coefficient (Wildman–Crippen LogP) is 5.55. The topological polar surface area (TPSA) is 6.48 Å². The van der Waals surface area contributed by atoms with E-state index in [2.05, 4.69) is 97.3 Å². The molecule has 0 atom stereocenters. The lowest BCUT2D eigenvalue weighted by Gasteiger charge is -2.34. The van der Waals surface area contributed by atoms with Crippen LogP contribution in [-0.2, 0) is 0 Å². The standard InChI is InChI=1S/C21H22N2/c1-21(2,3)23-15-22(19-12-6-7-13-20(19)23)18-14-8-10-16-9-4-5-11-17(16)18/h4-14H,15H2,1-3H3. The van der Waals surface area contributed by atoms with Crippen molar-refractivity contribution in [2.45, 2.75) is 26.3 Å². The van der Waals surface area contributed by atoms with Crippen LogP contribution in [0.4, 0.5) is 17.1 Å². The third kappa shape index (κ3) is 2.26. The molecule has 23 heavy (non-hydrogen) atoms. The first-order valence-electron chi connectivity index (χ1n) is 8.18. The van der Waals surface area contributed by atoms with E-state index in [1.54, 1.807) is 0 Å². The molecule has 1 heterocycles. The van der Waals surface area contributed by atoms with Gasteiger partial charge in [-0.3, -0.25) is 0 Å². The van der Waals surface area contributed by atoms with Gasteiger partial charge in [-0.25, -0.2) is 0 Å². The number of nitrogens with zero attached hydrogens (tertiary/aromatic N) is 2. The normalized spacial score (nSPS) is 14.4. The molecule has 0 saturated heterocycles. The molecule has 0 saturated carbocycles. The average Bonchev–Trinajstić information content (AvgIpc) is 2.94. The first-order chi connectivity index (χ1) is 11.1. The quantitative estimate of drug-likeness (QED) is 0.581. The van der Waals surface area contributed by atoms with Gasteiger partial charge >= 0.3 is 0 Å². The number of anilines is 3. The lowest BCUT2D eigenvalue weighted by atomic mass is 10.1. The smallest absolute Gasteiger partial charge is 0.0958 e. The highest BCUT2D eigenvalue weighted by molar-refractivity contribution is 5.98. The minimum atomic E-state index is 0.0927. The van der Waals surface area contributed by atoms with Gasteiger partial charge < -0.3 is 9.80 Å². The van der Waals surface area contributed by atoms with Crippen molar-refractivity contribution >= 4 is 27.8 Å². The summed E-state index contributed by atoms with van der Waals surface area (Å²) in [5.41, 5.74) is 3.98. The van der Waals surface area contributed by atoms with Crippen molar-refractivity contribution in [3.8, 4) is 0 Å². The number of fused-ring (bicyclic) bond motifs is 2. The molecule has 0 radical (unpaired) electrons. The summed E-state index contributed by atoms with van der Waals surface area (Å²) in [6.45, 7) is 7.71. The second-order valence-corrected chi connectivity index (χ2v) is 7.16. The van der Waals surface area contributed by atoms with Crippen molar-refractivity contribution in [1.29, 1.82) is 0 Å². The Morgan fingerprint density at radius 1 is 0.696 bits per heavy atom.